The van der Waals surface area contributed by atoms with Gasteiger partial charge < -0.3 is 0 Å². The van der Waals surface area contributed by atoms with Crippen LogP contribution in [0.25, 0.3) is 11.1 Å². The summed E-state index contributed by atoms with van der Waals surface area (Å²) in [7, 11) is 0. The summed E-state index contributed by atoms with van der Waals surface area (Å²) < 4.78 is -9.56. The third kappa shape index (κ3) is 3.40. The molecule has 1 radical (unpaired) electrons. The monoisotopic (exact) mass is 543 g/mol. The van der Waals surface area contributed by atoms with Crippen molar-refractivity contribution in [2.24, 2.45) is 0 Å². The summed E-state index contributed by atoms with van der Waals surface area (Å²) in [6.45, 7) is 0. The molecule has 0 saturated carbocycles. The quantitative estimate of drug-likeness (QED) is 0.292. The summed E-state index contributed by atoms with van der Waals surface area (Å²) in [5.74, 6) is -0.437. The molecule has 10 heteroatoms. The topological polar surface area (TPSA) is 19.9 Å². The molecular formula is C17H8Cl9O. The first kappa shape index (κ1) is 22.5. The fraction of sp³-hybridized carbons (Fsp3) is 0.294. The van der Waals surface area contributed by atoms with Crippen molar-refractivity contribution < 1.29 is 5.11 Å². The molecule has 0 saturated heterocycles. The van der Waals surface area contributed by atoms with E-state index >= 15 is 0 Å². The van der Waals surface area contributed by atoms with Gasteiger partial charge in [-0.2, -0.15) is 0 Å². The molecule has 0 N–H and O–H groups in total. The Morgan fingerprint density at radius 3 is 1.89 bits per heavy atom. The van der Waals surface area contributed by atoms with Crippen LogP contribution in [0.2, 0.25) is 0 Å². The summed E-state index contributed by atoms with van der Waals surface area (Å²) in [4.78, 5) is 0. The van der Waals surface area contributed by atoms with Gasteiger partial charge in [-0.1, -0.05) is 141 Å². The fourth-order valence-electron chi connectivity index (χ4n) is 2.97. The Hall–Kier alpha value is 0.850. The standard InChI is InChI=1S/C17H8Cl9O/c18-14(19,15(20,21)16(22,23)17(24,25)26)12-6-5-10-9-4-2-1-3-8(9)7-11(10)13(12)27/h1-6H,7H2. The summed E-state index contributed by atoms with van der Waals surface area (Å²) >= 11 is 55.1. The lowest BCUT2D eigenvalue weighted by molar-refractivity contribution is 0.342. The van der Waals surface area contributed by atoms with E-state index in [0.717, 1.165) is 16.7 Å². The van der Waals surface area contributed by atoms with E-state index in [0.29, 0.717) is 12.0 Å². The van der Waals surface area contributed by atoms with Gasteiger partial charge in [-0.05, 0) is 16.7 Å². The van der Waals surface area contributed by atoms with Gasteiger partial charge in [0.2, 0.25) is 8.13 Å². The minimum atomic E-state index is -2.46. The molecule has 2 aromatic rings. The summed E-state index contributed by atoms with van der Waals surface area (Å²) in [6.07, 6.45) is 0.414. The summed E-state index contributed by atoms with van der Waals surface area (Å²) in [5.41, 5.74) is 3.13. The third-order valence-electron chi connectivity index (χ3n) is 4.42. The highest BCUT2D eigenvalue weighted by Gasteiger charge is 2.69. The molecule has 3 rings (SSSR count). The van der Waals surface area contributed by atoms with Crippen LogP contribution >= 0.6 is 104 Å². The highest BCUT2D eigenvalue weighted by atomic mass is 35.6. The van der Waals surface area contributed by atoms with E-state index in [9.17, 15) is 5.11 Å². The lowest BCUT2D eigenvalue weighted by Gasteiger charge is -2.44. The van der Waals surface area contributed by atoms with Crippen molar-refractivity contribution in [3.05, 3.63) is 53.1 Å². The van der Waals surface area contributed by atoms with Crippen molar-refractivity contribution in [2.45, 2.75) is 23.2 Å². The second kappa shape index (κ2) is 7.22. The van der Waals surface area contributed by atoms with Crippen LogP contribution in [0.3, 0.4) is 0 Å². The lowest BCUT2D eigenvalue weighted by atomic mass is 9.97. The van der Waals surface area contributed by atoms with E-state index in [-0.39, 0.29) is 5.56 Å². The smallest absolute Gasteiger partial charge is 0.226 e. The maximum atomic E-state index is 13.1. The Labute approximate surface area is 201 Å². The second-order valence-electron chi connectivity index (χ2n) is 6.02. The number of alkyl halides is 9. The highest BCUT2D eigenvalue weighted by Crippen LogP contribution is 2.66. The van der Waals surface area contributed by atoms with Crippen LogP contribution in [0.1, 0.15) is 16.7 Å². The van der Waals surface area contributed by atoms with Crippen LogP contribution in [0, 0.1) is 0 Å². The Bertz CT molecular complexity index is 900. The fourth-order valence-corrected chi connectivity index (χ4v) is 5.24. The van der Waals surface area contributed by atoms with Crippen molar-refractivity contribution in [1.82, 2.24) is 0 Å². The van der Waals surface area contributed by atoms with E-state index in [1.165, 1.54) is 6.07 Å². The Balaban J connectivity index is 2.13. The van der Waals surface area contributed by atoms with Crippen LogP contribution < -0.4 is 0 Å². The number of hydrogen-bond donors (Lipinski definition) is 0. The minimum Gasteiger partial charge on any atom is -0.289 e. The Kier molecular flexibility index (Phi) is 6.03. The number of rotatable bonds is 3. The Morgan fingerprint density at radius 1 is 0.704 bits per heavy atom. The molecule has 0 aromatic heterocycles. The van der Waals surface area contributed by atoms with E-state index in [1.54, 1.807) is 6.07 Å². The van der Waals surface area contributed by atoms with Crippen LogP contribution in [0.15, 0.2) is 36.4 Å². The molecule has 0 aliphatic heterocycles. The largest absolute Gasteiger partial charge is 0.289 e. The number of hydrogen-bond acceptors (Lipinski definition) is 0. The molecule has 27 heavy (non-hydrogen) atoms. The van der Waals surface area contributed by atoms with Crippen molar-refractivity contribution in [3.63, 3.8) is 0 Å². The molecule has 1 aliphatic rings. The maximum Gasteiger partial charge on any atom is 0.226 e. The predicted molar refractivity (Wildman–Crippen MR) is 117 cm³/mol. The molecule has 0 unspecified atom stereocenters. The van der Waals surface area contributed by atoms with Gasteiger partial charge in [-0.3, -0.25) is 5.11 Å². The van der Waals surface area contributed by atoms with Gasteiger partial charge in [0, 0.05) is 17.5 Å². The minimum absolute atomic E-state index is 0.123. The normalized spacial score (nSPS) is 14.9. The number of benzene rings is 2. The molecule has 1 aliphatic carbocycles. The molecule has 0 amide bonds. The van der Waals surface area contributed by atoms with Gasteiger partial charge in [0.25, 0.3) is 0 Å². The van der Waals surface area contributed by atoms with Crippen LogP contribution in [-0.4, -0.2) is 12.5 Å². The maximum absolute atomic E-state index is 13.1. The molecule has 0 heterocycles. The van der Waals surface area contributed by atoms with Gasteiger partial charge in [0.15, 0.2) is 14.4 Å². The van der Waals surface area contributed by atoms with E-state index in [2.05, 4.69) is 0 Å². The first-order valence-electron chi connectivity index (χ1n) is 7.35. The van der Waals surface area contributed by atoms with Crippen molar-refractivity contribution >= 4 is 104 Å². The van der Waals surface area contributed by atoms with E-state index in [4.69, 9.17) is 104 Å². The highest BCUT2D eigenvalue weighted by molar-refractivity contribution is 6.80. The van der Waals surface area contributed by atoms with Crippen molar-refractivity contribution in [3.8, 4) is 16.9 Å². The third-order valence-corrected chi connectivity index (χ3v) is 9.86. The average molecular weight is 547 g/mol. The zero-order valence-electron chi connectivity index (χ0n) is 13.0. The van der Waals surface area contributed by atoms with Gasteiger partial charge in [0.05, 0.1) is 0 Å². The van der Waals surface area contributed by atoms with Crippen LogP contribution in [-0.2, 0) is 15.9 Å². The average Bonchev–Trinajstić information content (AvgIpc) is 2.93. The van der Waals surface area contributed by atoms with Crippen molar-refractivity contribution in [2.75, 3.05) is 0 Å². The van der Waals surface area contributed by atoms with Gasteiger partial charge in [0.1, 0.15) is 0 Å². The zero-order valence-corrected chi connectivity index (χ0v) is 19.8. The Morgan fingerprint density at radius 2 is 1.30 bits per heavy atom. The molecule has 1 nitrogen and oxygen atoms in total. The second-order valence-corrected chi connectivity index (χ2v) is 12.3. The van der Waals surface area contributed by atoms with Gasteiger partial charge in [-0.15, -0.1) is 0 Å². The number of fused-ring (bicyclic) bond motifs is 3. The van der Waals surface area contributed by atoms with Gasteiger partial charge in [-0.25, -0.2) is 0 Å². The first-order valence-corrected chi connectivity index (χ1v) is 10.8. The molecule has 0 atom stereocenters. The molecule has 0 bridgehead atoms. The van der Waals surface area contributed by atoms with Crippen LogP contribution in [0.4, 0.5) is 0 Å². The SMILES string of the molecule is [O]c1c(C(Cl)(Cl)C(Cl)(Cl)C(Cl)(Cl)C(Cl)(Cl)Cl)ccc2c1Cc1ccccc1-2. The first-order chi connectivity index (χ1) is 12.2. The van der Waals surface area contributed by atoms with Crippen LogP contribution in [0.5, 0.6) is 5.75 Å². The zero-order chi connectivity index (χ0) is 20.4. The molecule has 145 valence electrons. The molecular weight excluding hydrogens is 539 g/mol. The number of halogens is 9. The summed E-state index contributed by atoms with van der Waals surface area (Å²) in [6, 6.07) is 10.8. The molecule has 0 spiro atoms. The van der Waals surface area contributed by atoms with Gasteiger partial charge >= 0.3 is 0 Å². The summed E-state index contributed by atoms with van der Waals surface area (Å²) in [5, 5.41) is 13.1. The lowest BCUT2D eigenvalue weighted by Crippen LogP contribution is -2.54. The van der Waals surface area contributed by atoms with Crippen molar-refractivity contribution in [1.29, 1.82) is 0 Å². The molecule has 0 fully saturated rings. The molecule has 2 aromatic carbocycles. The van der Waals surface area contributed by atoms with E-state index < -0.39 is 22.5 Å². The van der Waals surface area contributed by atoms with E-state index in [1.807, 2.05) is 24.3 Å². The predicted octanol–water partition coefficient (Wildman–Crippen LogP) is 8.75.